The summed E-state index contributed by atoms with van der Waals surface area (Å²) in [5.41, 5.74) is 0.860. The van der Waals surface area contributed by atoms with Crippen LogP contribution in [0, 0.1) is 5.92 Å². The molecule has 1 aromatic rings. The summed E-state index contributed by atoms with van der Waals surface area (Å²) in [6.45, 7) is 7.47. The van der Waals surface area contributed by atoms with Crippen molar-refractivity contribution in [3.8, 4) is 5.75 Å². The number of hydrogen-bond acceptors (Lipinski definition) is 4. The van der Waals surface area contributed by atoms with Gasteiger partial charge < -0.3 is 14.8 Å². The summed E-state index contributed by atoms with van der Waals surface area (Å²) in [6, 6.07) is 7.08. The van der Waals surface area contributed by atoms with Crippen LogP contribution in [-0.4, -0.2) is 26.2 Å². The predicted octanol–water partition coefficient (Wildman–Crippen LogP) is 2.55. The Kier molecular flexibility index (Phi) is 6.36. The van der Waals surface area contributed by atoms with E-state index in [4.69, 9.17) is 9.47 Å². The number of carbonyl (C=O) groups excluding carboxylic acids is 1. The van der Waals surface area contributed by atoms with E-state index in [1.807, 2.05) is 31.2 Å². The van der Waals surface area contributed by atoms with E-state index in [0.29, 0.717) is 12.5 Å². The summed E-state index contributed by atoms with van der Waals surface area (Å²) >= 11 is 0. The van der Waals surface area contributed by atoms with Gasteiger partial charge in [-0.3, -0.25) is 0 Å². The maximum Gasteiger partial charge on any atom is 0.327 e. The average Bonchev–Trinajstić information content (AvgIpc) is 2.39. The van der Waals surface area contributed by atoms with E-state index in [2.05, 4.69) is 19.2 Å². The highest BCUT2D eigenvalue weighted by Crippen LogP contribution is 2.20. The Balaban J connectivity index is 2.89. The van der Waals surface area contributed by atoms with Gasteiger partial charge in [-0.15, -0.1) is 0 Å². The van der Waals surface area contributed by atoms with Gasteiger partial charge in [-0.25, -0.2) is 4.79 Å². The van der Waals surface area contributed by atoms with Gasteiger partial charge in [-0.2, -0.15) is 0 Å². The molecule has 0 saturated heterocycles. The van der Waals surface area contributed by atoms with Gasteiger partial charge in [0.1, 0.15) is 11.8 Å². The number of nitrogens with one attached hydrogen (secondary N) is 1. The van der Waals surface area contributed by atoms with Crippen LogP contribution in [0.1, 0.15) is 32.4 Å². The van der Waals surface area contributed by atoms with Gasteiger partial charge >= 0.3 is 5.97 Å². The fourth-order valence-corrected chi connectivity index (χ4v) is 1.76. The topological polar surface area (TPSA) is 47.6 Å². The largest absolute Gasteiger partial charge is 0.494 e. The molecular weight excluding hydrogens is 242 g/mol. The number of ether oxygens (including phenoxy) is 2. The molecule has 0 bridgehead atoms. The highest BCUT2D eigenvalue weighted by Gasteiger charge is 2.21. The molecule has 106 valence electrons. The van der Waals surface area contributed by atoms with Gasteiger partial charge in [0.15, 0.2) is 0 Å². The van der Waals surface area contributed by atoms with Crippen molar-refractivity contribution in [2.75, 3.05) is 20.3 Å². The molecule has 0 aliphatic heterocycles. The minimum absolute atomic E-state index is 0.283. The van der Waals surface area contributed by atoms with E-state index in [9.17, 15) is 4.79 Å². The lowest BCUT2D eigenvalue weighted by Crippen LogP contribution is -2.32. The second-order valence-electron chi connectivity index (χ2n) is 4.76. The number of carbonyl (C=O) groups is 1. The van der Waals surface area contributed by atoms with Gasteiger partial charge in [-0.05, 0) is 37.1 Å². The number of esters is 1. The van der Waals surface area contributed by atoms with Crippen LogP contribution in [0.25, 0.3) is 0 Å². The van der Waals surface area contributed by atoms with Crippen LogP contribution in [0.4, 0.5) is 0 Å². The first-order valence-electron chi connectivity index (χ1n) is 6.62. The Bertz CT molecular complexity index is 404. The fourth-order valence-electron chi connectivity index (χ4n) is 1.76. The lowest BCUT2D eigenvalue weighted by molar-refractivity contribution is -0.143. The third-order valence-electron chi connectivity index (χ3n) is 2.67. The van der Waals surface area contributed by atoms with Gasteiger partial charge in [-0.1, -0.05) is 26.0 Å². The van der Waals surface area contributed by atoms with Gasteiger partial charge in [0.25, 0.3) is 0 Å². The lowest BCUT2D eigenvalue weighted by Gasteiger charge is -2.18. The molecule has 0 aliphatic carbocycles. The Labute approximate surface area is 115 Å². The van der Waals surface area contributed by atoms with Crippen molar-refractivity contribution in [2.45, 2.75) is 26.8 Å². The van der Waals surface area contributed by atoms with Crippen LogP contribution in [0.5, 0.6) is 5.75 Å². The van der Waals surface area contributed by atoms with Crippen molar-refractivity contribution >= 4 is 5.97 Å². The number of rotatable bonds is 7. The van der Waals surface area contributed by atoms with Crippen molar-refractivity contribution in [2.24, 2.45) is 5.92 Å². The van der Waals surface area contributed by atoms with Gasteiger partial charge in [0.05, 0.1) is 13.7 Å². The highest BCUT2D eigenvalue weighted by atomic mass is 16.5. The average molecular weight is 265 g/mol. The molecule has 1 aromatic carbocycles. The van der Waals surface area contributed by atoms with E-state index in [0.717, 1.165) is 17.9 Å². The Morgan fingerprint density at radius 3 is 2.68 bits per heavy atom. The summed E-state index contributed by atoms with van der Waals surface area (Å²) in [6.07, 6.45) is 0. The predicted molar refractivity (Wildman–Crippen MR) is 75.2 cm³/mol. The second-order valence-corrected chi connectivity index (χ2v) is 4.76. The lowest BCUT2D eigenvalue weighted by atomic mass is 10.1. The van der Waals surface area contributed by atoms with Crippen LogP contribution in [-0.2, 0) is 9.53 Å². The maximum absolute atomic E-state index is 11.9. The zero-order valence-electron chi connectivity index (χ0n) is 12.1. The summed E-state index contributed by atoms with van der Waals surface area (Å²) < 4.78 is 10.3. The van der Waals surface area contributed by atoms with Crippen LogP contribution in [0.15, 0.2) is 24.3 Å². The molecule has 4 nitrogen and oxygen atoms in total. The SMILES string of the molecule is CCOc1cccc(C(NCC(C)C)C(=O)OC)c1. The third-order valence-corrected chi connectivity index (χ3v) is 2.67. The first kappa shape index (κ1) is 15.5. The Morgan fingerprint density at radius 2 is 2.11 bits per heavy atom. The molecule has 0 amide bonds. The van der Waals surface area contributed by atoms with Crippen LogP contribution in [0.3, 0.4) is 0 Å². The Morgan fingerprint density at radius 1 is 1.37 bits per heavy atom. The van der Waals surface area contributed by atoms with Crippen LogP contribution in [0.2, 0.25) is 0 Å². The molecule has 19 heavy (non-hydrogen) atoms. The van der Waals surface area contributed by atoms with Crippen LogP contribution < -0.4 is 10.1 Å². The number of benzene rings is 1. The molecule has 0 heterocycles. The molecule has 0 radical (unpaired) electrons. The van der Waals surface area contributed by atoms with E-state index >= 15 is 0 Å². The normalized spacial score (nSPS) is 12.3. The molecular formula is C15H23NO3. The first-order valence-corrected chi connectivity index (χ1v) is 6.62. The fraction of sp³-hybridized carbons (Fsp3) is 0.533. The minimum Gasteiger partial charge on any atom is -0.494 e. The number of hydrogen-bond donors (Lipinski definition) is 1. The monoisotopic (exact) mass is 265 g/mol. The summed E-state index contributed by atoms with van der Waals surface area (Å²) in [7, 11) is 1.40. The van der Waals surface area contributed by atoms with E-state index in [1.54, 1.807) is 0 Å². The molecule has 0 spiro atoms. The van der Waals surface area contributed by atoms with Gasteiger partial charge in [0.2, 0.25) is 0 Å². The molecule has 1 rings (SSSR count). The van der Waals surface area contributed by atoms with Crippen molar-refractivity contribution in [1.29, 1.82) is 0 Å². The molecule has 1 unspecified atom stereocenters. The molecule has 1 atom stereocenters. The van der Waals surface area contributed by atoms with E-state index in [-0.39, 0.29) is 5.97 Å². The summed E-state index contributed by atoms with van der Waals surface area (Å²) in [5, 5.41) is 3.23. The standard InChI is InChI=1S/C15H23NO3/c1-5-19-13-8-6-7-12(9-13)14(15(17)18-4)16-10-11(2)3/h6-9,11,14,16H,5,10H2,1-4H3. The maximum atomic E-state index is 11.9. The molecule has 1 N–H and O–H groups in total. The summed E-state index contributed by atoms with van der Waals surface area (Å²) in [4.78, 5) is 11.9. The highest BCUT2D eigenvalue weighted by molar-refractivity contribution is 5.77. The van der Waals surface area contributed by atoms with Crippen molar-refractivity contribution < 1.29 is 14.3 Å². The van der Waals surface area contributed by atoms with Crippen molar-refractivity contribution in [3.05, 3.63) is 29.8 Å². The second kappa shape index (κ2) is 7.79. The zero-order valence-corrected chi connectivity index (χ0v) is 12.1. The minimum atomic E-state index is -0.451. The molecule has 0 aromatic heterocycles. The van der Waals surface area contributed by atoms with Crippen molar-refractivity contribution in [3.63, 3.8) is 0 Å². The van der Waals surface area contributed by atoms with Gasteiger partial charge in [0, 0.05) is 0 Å². The zero-order chi connectivity index (χ0) is 14.3. The third kappa shape index (κ3) is 4.91. The number of methoxy groups -OCH3 is 1. The van der Waals surface area contributed by atoms with Crippen LogP contribution >= 0.6 is 0 Å². The smallest absolute Gasteiger partial charge is 0.327 e. The van der Waals surface area contributed by atoms with E-state index < -0.39 is 6.04 Å². The summed E-state index contributed by atoms with van der Waals surface area (Å²) in [5.74, 6) is 0.941. The molecule has 4 heteroatoms. The molecule has 0 aliphatic rings. The Hall–Kier alpha value is -1.55. The quantitative estimate of drug-likeness (QED) is 0.770. The molecule has 0 fully saturated rings. The molecule has 0 saturated carbocycles. The van der Waals surface area contributed by atoms with Crippen molar-refractivity contribution in [1.82, 2.24) is 5.32 Å². The van der Waals surface area contributed by atoms with E-state index in [1.165, 1.54) is 7.11 Å². The first-order chi connectivity index (χ1) is 9.08.